The summed E-state index contributed by atoms with van der Waals surface area (Å²) in [5.41, 5.74) is 0. The van der Waals surface area contributed by atoms with Crippen molar-refractivity contribution in [1.29, 1.82) is 0 Å². The van der Waals surface area contributed by atoms with Crippen molar-refractivity contribution in [3.05, 3.63) is 0 Å². The third-order valence-corrected chi connectivity index (χ3v) is 2.56. The SMILES string of the molecule is CN=C(NCC(=O)N(C)C)NC1CC1C.I. The van der Waals surface area contributed by atoms with Crippen molar-refractivity contribution < 1.29 is 4.79 Å². The summed E-state index contributed by atoms with van der Waals surface area (Å²) in [5.74, 6) is 1.47. The molecule has 16 heavy (non-hydrogen) atoms. The largest absolute Gasteiger partial charge is 0.353 e. The Labute approximate surface area is 114 Å². The van der Waals surface area contributed by atoms with Crippen LogP contribution in [-0.2, 0) is 4.79 Å². The van der Waals surface area contributed by atoms with E-state index >= 15 is 0 Å². The Balaban J connectivity index is 0.00000225. The van der Waals surface area contributed by atoms with Gasteiger partial charge in [0.2, 0.25) is 5.91 Å². The van der Waals surface area contributed by atoms with E-state index < -0.39 is 0 Å². The van der Waals surface area contributed by atoms with Crippen LogP contribution < -0.4 is 10.6 Å². The minimum Gasteiger partial charge on any atom is -0.353 e. The van der Waals surface area contributed by atoms with E-state index in [0.29, 0.717) is 17.9 Å². The first-order chi connectivity index (χ1) is 7.04. The maximum Gasteiger partial charge on any atom is 0.241 e. The maximum atomic E-state index is 11.3. The lowest BCUT2D eigenvalue weighted by atomic mass is 10.5. The topological polar surface area (TPSA) is 56.7 Å². The molecule has 94 valence electrons. The third-order valence-electron chi connectivity index (χ3n) is 2.56. The second kappa shape index (κ2) is 6.93. The fourth-order valence-electron chi connectivity index (χ4n) is 1.21. The summed E-state index contributed by atoms with van der Waals surface area (Å²) in [7, 11) is 5.19. The molecule has 5 nitrogen and oxygen atoms in total. The number of carbonyl (C=O) groups excluding carboxylic acids is 1. The van der Waals surface area contributed by atoms with Gasteiger partial charge in [-0.25, -0.2) is 0 Å². The predicted molar refractivity (Wildman–Crippen MR) is 76.2 cm³/mol. The van der Waals surface area contributed by atoms with Crippen LogP contribution in [0.4, 0.5) is 0 Å². The van der Waals surface area contributed by atoms with E-state index in [-0.39, 0.29) is 36.4 Å². The van der Waals surface area contributed by atoms with Gasteiger partial charge in [0.25, 0.3) is 0 Å². The number of likely N-dealkylation sites (N-methyl/N-ethyl adjacent to an activating group) is 1. The number of halogens is 1. The second-order valence-corrected chi connectivity index (χ2v) is 4.18. The molecule has 1 fully saturated rings. The summed E-state index contributed by atoms with van der Waals surface area (Å²) in [6.07, 6.45) is 1.18. The second-order valence-electron chi connectivity index (χ2n) is 4.18. The molecule has 0 aromatic carbocycles. The zero-order valence-electron chi connectivity index (χ0n) is 10.3. The number of rotatable bonds is 3. The highest BCUT2D eigenvalue weighted by Gasteiger charge is 2.33. The Morgan fingerprint density at radius 3 is 2.44 bits per heavy atom. The third kappa shape index (κ3) is 5.00. The highest BCUT2D eigenvalue weighted by molar-refractivity contribution is 14.0. The lowest BCUT2D eigenvalue weighted by Gasteiger charge is -2.14. The first kappa shape index (κ1) is 15.5. The average molecular weight is 340 g/mol. The Morgan fingerprint density at radius 1 is 1.50 bits per heavy atom. The van der Waals surface area contributed by atoms with Crippen LogP contribution in [0.3, 0.4) is 0 Å². The fraction of sp³-hybridized carbons (Fsp3) is 0.800. The molecular formula is C10H21IN4O. The number of carbonyl (C=O) groups is 1. The molecule has 0 aliphatic heterocycles. The van der Waals surface area contributed by atoms with E-state index in [0.717, 1.165) is 0 Å². The molecule has 0 saturated heterocycles. The molecule has 1 aliphatic carbocycles. The molecule has 0 radical (unpaired) electrons. The summed E-state index contributed by atoms with van der Waals surface area (Å²) < 4.78 is 0. The minimum absolute atomic E-state index is 0. The lowest BCUT2D eigenvalue weighted by Crippen LogP contribution is -2.43. The van der Waals surface area contributed by atoms with Gasteiger partial charge in [0.1, 0.15) is 0 Å². The summed E-state index contributed by atoms with van der Waals surface area (Å²) in [4.78, 5) is 16.9. The number of hydrogen-bond acceptors (Lipinski definition) is 2. The van der Waals surface area contributed by atoms with Gasteiger partial charge >= 0.3 is 0 Å². The average Bonchev–Trinajstić information content (AvgIpc) is 2.88. The number of aliphatic imine (C=N–C) groups is 1. The summed E-state index contributed by atoms with van der Waals surface area (Å²) in [6.45, 7) is 2.48. The van der Waals surface area contributed by atoms with Crippen LogP contribution in [0.15, 0.2) is 4.99 Å². The van der Waals surface area contributed by atoms with E-state index in [1.165, 1.54) is 6.42 Å². The van der Waals surface area contributed by atoms with Crippen molar-refractivity contribution in [2.75, 3.05) is 27.7 Å². The summed E-state index contributed by atoms with van der Waals surface area (Å²) in [5, 5.41) is 6.24. The van der Waals surface area contributed by atoms with Gasteiger partial charge in [-0.1, -0.05) is 6.92 Å². The highest BCUT2D eigenvalue weighted by Crippen LogP contribution is 2.28. The molecule has 2 N–H and O–H groups in total. The Bertz CT molecular complexity index is 268. The van der Waals surface area contributed by atoms with Crippen molar-refractivity contribution in [1.82, 2.24) is 15.5 Å². The fourth-order valence-corrected chi connectivity index (χ4v) is 1.21. The maximum absolute atomic E-state index is 11.3. The predicted octanol–water partition coefficient (Wildman–Crippen LogP) is 0.266. The molecule has 1 aliphatic rings. The van der Waals surface area contributed by atoms with E-state index in [1.807, 2.05) is 0 Å². The van der Waals surface area contributed by atoms with Crippen molar-refractivity contribution in [2.45, 2.75) is 19.4 Å². The number of amides is 1. The number of hydrogen-bond donors (Lipinski definition) is 2. The molecule has 0 heterocycles. The van der Waals surface area contributed by atoms with E-state index in [9.17, 15) is 4.79 Å². The molecule has 0 aromatic rings. The zero-order valence-corrected chi connectivity index (χ0v) is 12.6. The van der Waals surface area contributed by atoms with E-state index in [2.05, 4.69) is 22.5 Å². The lowest BCUT2D eigenvalue weighted by molar-refractivity contribution is -0.127. The van der Waals surface area contributed by atoms with Crippen LogP contribution in [0.2, 0.25) is 0 Å². The highest BCUT2D eigenvalue weighted by atomic mass is 127. The zero-order chi connectivity index (χ0) is 11.4. The molecule has 0 spiro atoms. The van der Waals surface area contributed by atoms with Gasteiger partial charge in [0.05, 0.1) is 6.54 Å². The molecule has 2 unspecified atom stereocenters. The normalized spacial score (nSPS) is 23.1. The summed E-state index contributed by atoms with van der Waals surface area (Å²) >= 11 is 0. The van der Waals surface area contributed by atoms with Crippen LogP contribution in [0.1, 0.15) is 13.3 Å². The molecule has 0 aromatic heterocycles. The minimum atomic E-state index is 0. The van der Waals surface area contributed by atoms with Crippen molar-refractivity contribution >= 4 is 35.8 Å². The van der Waals surface area contributed by atoms with Gasteiger partial charge in [-0.2, -0.15) is 0 Å². The van der Waals surface area contributed by atoms with Crippen LogP contribution in [0.25, 0.3) is 0 Å². The number of nitrogens with one attached hydrogen (secondary N) is 2. The quantitative estimate of drug-likeness (QED) is 0.440. The van der Waals surface area contributed by atoms with Gasteiger partial charge in [0.15, 0.2) is 5.96 Å². The van der Waals surface area contributed by atoms with E-state index in [4.69, 9.17) is 0 Å². The molecule has 0 bridgehead atoms. The Kier molecular flexibility index (Phi) is 6.70. The number of nitrogens with zero attached hydrogens (tertiary/aromatic N) is 2. The molecule has 6 heteroatoms. The van der Waals surface area contributed by atoms with Gasteiger partial charge in [0, 0.05) is 27.2 Å². The first-order valence-corrected chi connectivity index (χ1v) is 5.22. The molecule has 1 amide bonds. The summed E-state index contributed by atoms with van der Waals surface area (Å²) in [6, 6.07) is 0.519. The Hall–Kier alpha value is -0.530. The standard InChI is InChI=1S/C10H20N4O.HI/c1-7-5-8(7)13-10(11-2)12-6-9(15)14(3)4;/h7-8H,5-6H2,1-4H3,(H2,11,12,13);1H. The first-order valence-electron chi connectivity index (χ1n) is 5.22. The molecule has 2 atom stereocenters. The molecular weight excluding hydrogens is 319 g/mol. The van der Waals surface area contributed by atoms with Crippen molar-refractivity contribution in [3.63, 3.8) is 0 Å². The molecule has 1 saturated carbocycles. The van der Waals surface area contributed by atoms with E-state index in [1.54, 1.807) is 26.0 Å². The number of guanidine groups is 1. The van der Waals surface area contributed by atoms with Crippen LogP contribution >= 0.6 is 24.0 Å². The van der Waals surface area contributed by atoms with Crippen molar-refractivity contribution in [2.24, 2.45) is 10.9 Å². The van der Waals surface area contributed by atoms with Gasteiger partial charge < -0.3 is 15.5 Å². The van der Waals surface area contributed by atoms with Crippen LogP contribution in [-0.4, -0.2) is 50.5 Å². The smallest absolute Gasteiger partial charge is 0.241 e. The van der Waals surface area contributed by atoms with Gasteiger partial charge in [-0.05, 0) is 12.3 Å². The van der Waals surface area contributed by atoms with Gasteiger partial charge in [-0.15, -0.1) is 24.0 Å². The van der Waals surface area contributed by atoms with Crippen LogP contribution in [0, 0.1) is 5.92 Å². The van der Waals surface area contributed by atoms with Gasteiger partial charge in [-0.3, -0.25) is 9.79 Å². The molecule has 1 rings (SSSR count). The van der Waals surface area contributed by atoms with Crippen molar-refractivity contribution in [3.8, 4) is 0 Å². The Morgan fingerprint density at radius 2 is 2.06 bits per heavy atom. The monoisotopic (exact) mass is 340 g/mol. The van der Waals surface area contributed by atoms with Crippen LogP contribution in [0.5, 0.6) is 0 Å².